The van der Waals surface area contributed by atoms with Crippen molar-refractivity contribution in [1.29, 1.82) is 0 Å². The van der Waals surface area contributed by atoms with Gasteiger partial charge in [-0.25, -0.2) is 4.39 Å². The van der Waals surface area contributed by atoms with Crippen LogP contribution in [-0.2, 0) is 5.41 Å². The number of fused-ring (bicyclic) bond motifs is 7. The van der Waals surface area contributed by atoms with Crippen LogP contribution in [0.2, 0.25) is 0 Å². The second kappa shape index (κ2) is 15.7. The van der Waals surface area contributed by atoms with Crippen molar-refractivity contribution < 1.29 is 4.39 Å². The van der Waals surface area contributed by atoms with Gasteiger partial charge in [0.1, 0.15) is 10.8 Å². The Morgan fingerprint density at radius 1 is 0.403 bits per heavy atom. The molecule has 0 saturated heterocycles. The summed E-state index contributed by atoms with van der Waals surface area (Å²) in [7, 11) is 0. The molecule has 0 radical (unpaired) electrons. The molecule has 2 aromatic heterocycles. The Labute approximate surface area is 392 Å². The summed E-state index contributed by atoms with van der Waals surface area (Å²) in [5, 5.41) is 5.71. The molecule has 0 amide bonds. The smallest absolute Gasteiger partial charge is 0.123 e. The Hall–Kier alpha value is -8.31. The molecule has 0 fully saturated rings. The minimum Gasteiger partial charge on any atom is -0.309 e. The zero-order valence-corrected chi connectivity index (χ0v) is 37.2. The van der Waals surface area contributed by atoms with Gasteiger partial charge in [-0.1, -0.05) is 176 Å². The average Bonchev–Trinajstić information content (AvgIpc) is 4.10. The summed E-state index contributed by atoms with van der Waals surface area (Å²) in [5.41, 5.74) is 16.0. The van der Waals surface area contributed by atoms with Gasteiger partial charge in [0.15, 0.2) is 0 Å². The lowest BCUT2D eigenvalue weighted by atomic mass is 9.67. The van der Waals surface area contributed by atoms with Crippen LogP contribution in [0.4, 0.5) is 20.8 Å². The van der Waals surface area contributed by atoms with Gasteiger partial charge in [-0.05, 0) is 128 Å². The topological polar surface area (TPSA) is 8.17 Å². The van der Waals surface area contributed by atoms with E-state index >= 15 is 0 Å². The summed E-state index contributed by atoms with van der Waals surface area (Å²) >= 11 is 1.73. The van der Waals surface area contributed by atoms with Crippen LogP contribution in [-0.4, -0.2) is 4.57 Å². The zero-order chi connectivity index (χ0) is 44.5. The number of anilines is 3. The van der Waals surface area contributed by atoms with Crippen LogP contribution in [0.25, 0.3) is 71.0 Å². The van der Waals surface area contributed by atoms with E-state index in [4.69, 9.17) is 0 Å². The Morgan fingerprint density at radius 3 is 1.78 bits per heavy atom. The molecule has 13 rings (SSSR count). The van der Waals surface area contributed by atoms with Gasteiger partial charge in [0, 0.05) is 32.4 Å². The van der Waals surface area contributed by atoms with Crippen LogP contribution in [0.5, 0.6) is 0 Å². The van der Waals surface area contributed by atoms with Crippen molar-refractivity contribution in [3.8, 4) is 38.4 Å². The highest BCUT2D eigenvalue weighted by Gasteiger charge is 2.46. The first-order valence-corrected chi connectivity index (χ1v) is 23.6. The van der Waals surface area contributed by atoms with Crippen LogP contribution in [0.3, 0.4) is 0 Å². The summed E-state index contributed by atoms with van der Waals surface area (Å²) in [5.74, 6) is -0.258. The maximum absolute atomic E-state index is 14.4. The molecule has 67 heavy (non-hydrogen) atoms. The van der Waals surface area contributed by atoms with Gasteiger partial charge in [-0.15, -0.1) is 11.3 Å². The van der Waals surface area contributed by atoms with E-state index < -0.39 is 5.41 Å². The van der Waals surface area contributed by atoms with E-state index in [0.29, 0.717) is 0 Å². The van der Waals surface area contributed by atoms with E-state index in [0.717, 1.165) is 55.0 Å². The van der Waals surface area contributed by atoms with Crippen LogP contribution in [0.1, 0.15) is 22.3 Å². The van der Waals surface area contributed by atoms with E-state index in [2.05, 4.69) is 228 Å². The normalized spacial score (nSPS) is 12.7. The van der Waals surface area contributed by atoms with Crippen LogP contribution >= 0.6 is 11.3 Å². The third kappa shape index (κ3) is 6.14. The second-order valence-corrected chi connectivity index (χ2v) is 18.4. The maximum Gasteiger partial charge on any atom is 0.123 e. The molecule has 10 aromatic carbocycles. The third-order valence-corrected chi connectivity index (χ3v) is 14.9. The number of aromatic nitrogens is 1. The van der Waals surface area contributed by atoms with Crippen molar-refractivity contribution in [3.63, 3.8) is 0 Å². The van der Waals surface area contributed by atoms with Gasteiger partial charge in [-0.3, -0.25) is 0 Å². The summed E-state index contributed by atoms with van der Waals surface area (Å²) < 4.78 is 16.9. The molecule has 0 unspecified atom stereocenters. The van der Waals surface area contributed by atoms with Crippen LogP contribution in [0, 0.1) is 5.82 Å². The van der Waals surface area contributed by atoms with Gasteiger partial charge in [0.05, 0.1) is 22.1 Å². The number of hydrogen-bond acceptors (Lipinski definition) is 2. The first-order valence-electron chi connectivity index (χ1n) is 22.8. The van der Waals surface area contributed by atoms with Crippen LogP contribution < -0.4 is 4.90 Å². The van der Waals surface area contributed by atoms with Crippen molar-refractivity contribution >= 4 is 60.3 Å². The molecule has 0 aliphatic heterocycles. The highest BCUT2D eigenvalue weighted by molar-refractivity contribution is 7.19. The molecular weight excluding hydrogens is 836 g/mol. The molecule has 316 valence electrons. The lowest BCUT2D eigenvalue weighted by molar-refractivity contribution is 0.628. The molecule has 1 aliphatic carbocycles. The maximum atomic E-state index is 14.4. The number of benzene rings is 10. The summed E-state index contributed by atoms with van der Waals surface area (Å²) in [6.07, 6.45) is 0. The molecule has 0 atom stereocenters. The van der Waals surface area contributed by atoms with Crippen molar-refractivity contribution in [2.24, 2.45) is 0 Å². The van der Waals surface area contributed by atoms with Crippen molar-refractivity contribution in [2.75, 3.05) is 4.90 Å². The molecule has 0 bridgehead atoms. The van der Waals surface area contributed by atoms with Crippen molar-refractivity contribution in [3.05, 3.63) is 277 Å². The van der Waals surface area contributed by atoms with Crippen molar-refractivity contribution in [1.82, 2.24) is 4.57 Å². The summed E-state index contributed by atoms with van der Waals surface area (Å²) in [4.78, 5) is 3.44. The average molecular weight is 877 g/mol. The van der Waals surface area contributed by atoms with E-state index in [1.54, 1.807) is 23.5 Å². The monoisotopic (exact) mass is 876 g/mol. The van der Waals surface area contributed by atoms with Gasteiger partial charge >= 0.3 is 0 Å². The Bertz CT molecular complexity index is 3780. The SMILES string of the molecule is Fc1ccc(N(c2ccc(-c3ccccc3)s2)c2ccc(-c3ccc4c(c3)c3ccccc3n4-c3ccc4c(c3)C(c3ccccc3)(c3ccccc3)c3ccccc3-4)c3ccccc23)cc1. The molecule has 0 N–H and O–H groups in total. The fourth-order valence-electron chi connectivity index (χ4n) is 10.9. The molecule has 0 spiro atoms. The number of hydrogen-bond donors (Lipinski definition) is 0. The summed E-state index contributed by atoms with van der Waals surface area (Å²) in [6, 6.07) is 88.6. The lowest BCUT2D eigenvalue weighted by Gasteiger charge is -2.34. The zero-order valence-electron chi connectivity index (χ0n) is 36.4. The molecule has 2 nitrogen and oxygen atoms in total. The van der Waals surface area contributed by atoms with E-state index in [9.17, 15) is 4.39 Å². The second-order valence-electron chi connectivity index (χ2n) is 17.3. The van der Waals surface area contributed by atoms with Crippen LogP contribution in [0.15, 0.2) is 249 Å². The fourth-order valence-corrected chi connectivity index (χ4v) is 11.9. The fraction of sp³-hybridized carbons (Fsp3) is 0.0159. The first kappa shape index (κ1) is 39.1. The number of para-hydroxylation sites is 1. The van der Waals surface area contributed by atoms with Gasteiger partial charge in [0.2, 0.25) is 0 Å². The van der Waals surface area contributed by atoms with E-state index in [-0.39, 0.29) is 5.82 Å². The number of nitrogens with zero attached hydrogens (tertiary/aromatic N) is 2. The lowest BCUT2D eigenvalue weighted by Crippen LogP contribution is -2.28. The number of thiophene rings is 1. The van der Waals surface area contributed by atoms with E-state index in [1.807, 2.05) is 18.2 Å². The molecule has 2 heterocycles. The molecule has 12 aromatic rings. The standard InChI is InChI=1S/C63H41FN2S/c64-46-29-31-47(32-30-46)66(62-39-38-61(67-62)42-16-4-1-5-17-42)59-37-35-49(50-22-10-11-24-53(50)59)43-28-36-60-55(40-43)54-25-13-15-27-58(54)65(60)48-33-34-52-51-23-12-14-26-56(51)63(57(52)41-48,44-18-6-2-7-19-44)45-20-8-3-9-21-45/h1-41H. The molecule has 0 saturated carbocycles. The quantitative estimate of drug-likeness (QED) is 0.148. The van der Waals surface area contributed by atoms with E-state index in [1.165, 1.54) is 54.6 Å². The van der Waals surface area contributed by atoms with Gasteiger partial charge < -0.3 is 9.47 Å². The third-order valence-electron chi connectivity index (χ3n) is 13.8. The predicted molar refractivity (Wildman–Crippen MR) is 279 cm³/mol. The Balaban J connectivity index is 0.974. The summed E-state index contributed by atoms with van der Waals surface area (Å²) in [6.45, 7) is 0. The molecular formula is C63H41FN2S. The predicted octanol–water partition coefficient (Wildman–Crippen LogP) is 17.3. The highest BCUT2D eigenvalue weighted by atomic mass is 32.1. The van der Waals surface area contributed by atoms with Gasteiger partial charge in [-0.2, -0.15) is 0 Å². The molecule has 4 heteroatoms. The van der Waals surface area contributed by atoms with Crippen molar-refractivity contribution in [2.45, 2.75) is 5.41 Å². The minimum absolute atomic E-state index is 0.258. The number of halogens is 1. The Morgan fingerprint density at radius 2 is 1.01 bits per heavy atom. The number of rotatable bonds is 8. The molecule has 1 aliphatic rings. The van der Waals surface area contributed by atoms with Gasteiger partial charge in [0.25, 0.3) is 0 Å². The highest BCUT2D eigenvalue weighted by Crippen LogP contribution is 2.57. The Kier molecular flexibility index (Phi) is 9.16. The minimum atomic E-state index is -0.496. The largest absolute Gasteiger partial charge is 0.309 e. The first-order chi connectivity index (χ1) is 33.1.